The molecule has 0 unspecified atom stereocenters. The van der Waals surface area contributed by atoms with Crippen molar-refractivity contribution in [2.75, 3.05) is 26.7 Å². The van der Waals surface area contributed by atoms with Gasteiger partial charge >= 0.3 is 0 Å². The zero-order chi connectivity index (χ0) is 38.6. The molecule has 13 heteroatoms. The van der Waals surface area contributed by atoms with Crippen LogP contribution in [0, 0.1) is 5.92 Å². The third-order valence-electron chi connectivity index (χ3n) is 9.29. The number of carbonyl (C=O) groups excluding carboxylic acids is 5. The number of methoxy groups -OCH3 is 1. The van der Waals surface area contributed by atoms with Gasteiger partial charge in [0.25, 0.3) is 5.91 Å². The fourth-order valence-corrected chi connectivity index (χ4v) is 6.23. The molecule has 4 N–H and O–H groups in total. The van der Waals surface area contributed by atoms with Gasteiger partial charge in [-0.05, 0) is 67.6 Å². The number of amides is 5. The Labute approximate surface area is 315 Å². The van der Waals surface area contributed by atoms with Crippen LogP contribution >= 0.6 is 0 Å². The van der Waals surface area contributed by atoms with Gasteiger partial charge in [0.15, 0.2) is 0 Å². The first-order valence-corrected chi connectivity index (χ1v) is 18.3. The molecule has 0 spiro atoms. The lowest BCUT2D eigenvalue weighted by Gasteiger charge is -2.26. The molecule has 4 aromatic rings. The molecule has 54 heavy (non-hydrogen) atoms. The Morgan fingerprint density at radius 3 is 2.17 bits per heavy atom. The van der Waals surface area contributed by atoms with E-state index in [2.05, 4.69) is 21.3 Å². The molecule has 284 valence electrons. The Bertz CT molecular complexity index is 1900. The maximum absolute atomic E-state index is 14.5. The van der Waals surface area contributed by atoms with Gasteiger partial charge in [-0.1, -0.05) is 62.4 Å². The van der Waals surface area contributed by atoms with Crippen LogP contribution in [0.15, 0.2) is 91.1 Å². The van der Waals surface area contributed by atoms with Crippen molar-refractivity contribution in [3.8, 4) is 22.7 Å². The third kappa shape index (κ3) is 10.3. The van der Waals surface area contributed by atoms with Gasteiger partial charge in [0.05, 0.1) is 18.4 Å². The average molecular weight is 736 g/mol. The third-order valence-corrected chi connectivity index (χ3v) is 9.29. The lowest BCUT2D eigenvalue weighted by Crippen LogP contribution is -2.57. The Morgan fingerprint density at radius 2 is 1.50 bits per heavy atom. The van der Waals surface area contributed by atoms with Crippen LogP contribution in [0.1, 0.15) is 56.0 Å². The summed E-state index contributed by atoms with van der Waals surface area (Å²) >= 11 is 0. The number of hydrogen-bond donors (Lipinski definition) is 4. The smallest absolute Gasteiger partial charge is 0.257 e. The maximum atomic E-state index is 14.5. The molecular formula is C41H49N7O6. The lowest BCUT2D eigenvalue weighted by atomic mass is 10.0. The second kappa shape index (κ2) is 18.7. The largest absolute Gasteiger partial charge is 0.497 e. The number of para-hydroxylation sites is 1. The number of benzene rings is 3. The monoisotopic (exact) mass is 735 g/mol. The van der Waals surface area contributed by atoms with Crippen molar-refractivity contribution in [1.82, 2.24) is 35.9 Å². The van der Waals surface area contributed by atoms with Gasteiger partial charge in [-0.3, -0.25) is 24.0 Å². The summed E-state index contributed by atoms with van der Waals surface area (Å²) in [4.78, 5) is 69.6. The molecule has 0 aliphatic carbocycles. The normalized spacial score (nSPS) is 19.5. The number of aromatic nitrogens is 2. The summed E-state index contributed by atoms with van der Waals surface area (Å²) in [5.74, 6) is -1.65. The molecule has 1 aliphatic rings. The van der Waals surface area contributed by atoms with E-state index in [0.717, 1.165) is 16.8 Å². The van der Waals surface area contributed by atoms with Gasteiger partial charge in [0.2, 0.25) is 23.6 Å². The standard InChI is InChI=1S/C41H49N7O6/c1-27(2)36-40(52)42-22-12-24-47(23-11-17-35(49)44-34(25-29-13-7-5-8-14-29)39(51)43-28(3)38(50)45-36)41(53)33-26-48(31-15-9-6-10-16-31)46-37(33)30-18-20-32(54-4)21-19-30/h5-10,13-16,18-21,26-28,34,36H,11-12,17,22-25H2,1-4H3,(H,42,52)(H,43,51)(H,44,49)(H,45,50)/t28-,34+,36-/m1/s1. The van der Waals surface area contributed by atoms with Crippen molar-refractivity contribution in [2.24, 2.45) is 5.92 Å². The summed E-state index contributed by atoms with van der Waals surface area (Å²) in [5.41, 5.74) is 3.18. The lowest BCUT2D eigenvalue weighted by molar-refractivity contribution is -0.134. The molecule has 0 bridgehead atoms. The fourth-order valence-electron chi connectivity index (χ4n) is 6.23. The van der Waals surface area contributed by atoms with Crippen LogP contribution in [-0.2, 0) is 25.6 Å². The van der Waals surface area contributed by atoms with Crippen LogP contribution in [-0.4, -0.2) is 89.1 Å². The first-order valence-electron chi connectivity index (χ1n) is 18.3. The van der Waals surface area contributed by atoms with Gasteiger partial charge in [-0.2, -0.15) is 5.10 Å². The van der Waals surface area contributed by atoms with E-state index in [-0.39, 0.29) is 56.1 Å². The van der Waals surface area contributed by atoms with E-state index < -0.39 is 29.9 Å². The predicted octanol–water partition coefficient (Wildman–Crippen LogP) is 3.66. The molecule has 0 saturated carbocycles. The van der Waals surface area contributed by atoms with Crippen LogP contribution in [0.25, 0.3) is 16.9 Å². The second-order valence-corrected chi connectivity index (χ2v) is 13.7. The molecule has 1 aliphatic heterocycles. The predicted molar refractivity (Wildman–Crippen MR) is 205 cm³/mol. The van der Waals surface area contributed by atoms with Gasteiger partial charge in [-0.25, -0.2) is 4.68 Å². The van der Waals surface area contributed by atoms with Gasteiger partial charge in [0.1, 0.15) is 29.6 Å². The maximum Gasteiger partial charge on any atom is 0.257 e. The van der Waals surface area contributed by atoms with Gasteiger partial charge in [0, 0.05) is 44.2 Å². The minimum absolute atomic E-state index is 0.0415. The first kappa shape index (κ1) is 39.2. The highest BCUT2D eigenvalue weighted by Crippen LogP contribution is 2.27. The molecule has 13 nitrogen and oxygen atoms in total. The molecule has 5 amide bonds. The number of nitrogens with zero attached hydrogens (tertiary/aromatic N) is 3. The highest BCUT2D eigenvalue weighted by Gasteiger charge is 2.30. The molecule has 1 aromatic heterocycles. The Kier molecular flexibility index (Phi) is 13.6. The molecule has 3 atom stereocenters. The highest BCUT2D eigenvalue weighted by atomic mass is 16.5. The SMILES string of the molecule is COc1ccc(-c2nn(-c3ccccc3)cc2C(=O)N2CCCNC(=O)[C@@H](C(C)C)NC(=O)[C@@H](C)NC(=O)[C@H](Cc3ccccc3)NC(=O)CCC2)cc1. The van der Waals surface area contributed by atoms with Crippen LogP contribution < -0.4 is 26.0 Å². The van der Waals surface area contributed by atoms with Crippen molar-refractivity contribution in [1.29, 1.82) is 0 Å². The van der Waals surface area contributed by atoms with Crippen LogP contribution in [0.4, 0.5) is 0 Å². The Morgan fingerprint density at radius 1 is 0.833 bits per heavy atom. The van der Waals surface area contributed by atoms with E-state index in [4.69, 9.17) is 9.84 Å². The second-order valence-electron chi connectivity index (χ2n) is 13.7. The molecule has 1 saturated heterocycles. The Hall–Kier alpha value is -5.98. The van der Waals surface area contributed by atoms with E-state index >= 15 is 0 Å². The number of nitrogens with one attached hydrogen (secondary N) is 4. The van der Waals surface area contributed by atoms with Crippen molar-refractivity contribution >= 4 is 29.5 Å². The van der Waals surface area contributed by atoms with E-state index in [1.54, 1.807) is 22.9 Å². The summed E-state index contributed by atoms with van der Waals surface area (Å²) in [6, 6.07) is 23.3. The molecule has 1 fully saturated rings. The van der Waals surface area contributed by atoms with E-state index in [1.807, 2.05) is 98.8 Å². The fraction of sp³-hybridized carbons (Fsp3) is 0.366. The van der Waals surface area contributed by atoms with Crippen molar-refractivity contribution in [3.63, 3.8) is 0 Å². The minimum atomic E-state index is -0.966. The number of rotatable bonds is 7. The van der Waals surface area contributed by atoms with Gasteiger partial charge in [-0.15, -0.1) is 0 Å². The zero-order valence-corrected chi connectivity index (χ0v) is 31.2. The van der Waals surface area contributed by atoms with E-state index in [0.29, 0.717) is 29.8 Å². The molecule has 3 aromatic carbocycles. The zero-order valence-electron chi connectivity index (χ0n) is 31.2. The van der Waals surface area contributed by atoms with Crippen molar-refractivity contribution in [3.05, 3.63) is 102 Å². The Balaban J connectivity index is 1.43. The topological polar surface area (TPSA) is 164 Å². The summed E-state index contributed by atoms with van der Waals surface area (Å²) < 4.78 is 7.01. The minimum Gasteiger partial charge on any atom is -0.497 e. The summed E-state index contributed by atoms with van der Waals surface area (Å²) in [6.45, 7) is 5.93. The average Bonchev–Trinajstić information content (AvgIpc) is 3.63. The molecule has 0 radical (unpaired) electrons. The van der Waals surface area contributed by atoms with E-state index in [9.17, 15) is 24.0 Å². The number of carbonyl (C=O) groups is 5. The van der Waals surface area contributed by atoms with Crippen LogP contribution in [0.5, 0.6) is 5.75 Å². The quantitative estimate of drug-likeness (QED) is 0.225. The van der Waals surface area contributed by atoms with Crippen molar-refractivity contribution < 1.29 is 28.7 Å². The molecule has 5 rings (SSSR count). The van der Waals surface area contributed by atoms with Gasteiger partial charge < -0.3 is 30.9 Å². The van der Waals surface area contributed by atoms with E-state index in [1.165, 1.54) is 6.92 Å². The molecular weight excluding hydrogens is 686 g/mol. The summed E-state index contributed by atoms with van der Waals surface area (Å²) in [6.07, 6.45) is 2.68. The summed E-state index contributed by atoms with van der Waals surface area (Å²) in [7, 11) is 1.58. The molecule has 2 heterocycles. The number of hydrogen-bond acceptors (Lipinski definition) is 7. The van der Waals surface area contributed by atoms with Crippen LogP contribution in [0.2, 0.25) is 0 Å². The van der Waals surface area contributed by atoms with Crippen molar-refractivity contribution in [2.45, 2.75) is 64.6 Å². The highest BCUT2D eigenvalue weighted by molar-refractivity contribution is 6.00. The summed E-state index contributed by atoms with van der Waals surface area (Å²) in [5, 5.41) is 16.1. The van der Waals surface area contributed by atoms with Crippen LogP contribution in [0.3, 0.4) is 0 Å². The number of ether oxygens (including phenoxy) is 1. The first-order chi connectivity index (χ1) is 26.0.